The molecular formula is C23H33FN2O2. The quantitative estimate of drug-likeness (QED) is 0.605. The van der Waals surface area contributed by atoms with E-state index in [0.717, 1.165) is 62.8 Å². The molecule has 0 N–H and O–H groups in total. The highest BCUT2D eigenvalue weighted by Gasteiger charge is 2.22. The molecule has 1 saturated heterocycles. The lowest BCUT2D eigenvalue weighted by Gasteiger charge is -2.35. The summed E-state index contributed by atoms with van der Waals surface area (Å²) < 4.78 is 24.4. The predicted octanol–water partition coefficient (Wildman–Crippen LogP) is 4.34. The zero-order valence-corrected chi connectivity index (χ0v) is 17.2. The number of ether oxygens (including phenoxy) is 1. The number of rotatable bonds is 10. The predicted molar refractivity (Wildman–Crippen MR) is 110 cm³/mol. The summed E-state index contributed by atoms with van der Waals surface area (Å²) in [4.78, 5) is 5.01. The second-order valence-electron chi connectivity index (χ2n) is 7.82. The molecule has 154 valence electrons. The number of nitrogens with zero attached hydrogens (tertiary/aromatic N) is 2. The van der Waals surface area contributed by atoms with Gasteiger partial charge in [-0.15, -0.1) is 0 Å². The molecule has 1 atom stereocenters. The van der Waals surface area contributed by atoms with Gasteiger partial charge < -0.3 is 14.1 Å². The molecule has 0 spiro atoms. The van der Waals surface area contributed by atoms with Crippen molar-refractivity contribution in [2.75, 3.05) is 39.8 Å². The summed E-state index contributed by atoms with van der Waals surface area (Å²) in [5.74, 6) is 2.43. The molecule has 0 radical (unpaired) electrons. The van der Waals surface area contributed by atoms with Gasteiger partial charge in [0.1, 0.15) is 23.9 Å². The van der Waals surface area contributed by atoms with Gasteiger partial charge in [0, 0.05) is 26.7 Å². The molecule has 5 heteroatoms. The molecule has 2 heterocycles. The largest absolute Gasteiger partial charge is 0.462 e. The third-order valence-corrected chi connectivity index (χ3v) is 5.56. The summed E-state index contributed by atoms with van der Waals surface area (Å²) in [7, 11) is 1.68. The lowest BCUT2D eigenvalue weighted by atomic mass is 9.97. The van der Waals surface area contributed by atoms with Crippen molar-refractivity contribution in [3.05, 3.63) is 59.3 Å². The normalized spacial score (nSPS) is 18.1. The van der Waals surface area contributed by atoms with Crippen LogP contribution in [0.4, 0.5) is 4.39 Å². The summed E-state index contributed by atoms with van der Waals surface area (Å²) >= 11 is 0. The fourth-order valence-corrected chi connectivity index (χ4v) is 4.10. The molecule has 1 aromatic heterocycles. The molecule has 0 bridgehead atoms. The van der Waals surface area contributed by atoms with E-state index in [1.807, 2.05) is 12.1 Å². The summed E-state index contributed by atoms with van der Waals surface area (Å²) in [6.07, 6.45) is 3.43. The van der Waals surface area contributed by atoms with Crippen LogP contribution in [0.1, 0.15) is 36.8 Å². The van der Waals surface area contributed by atoms with Gasteiger partial charge >= 0.3 is 0 Å². The van der Waals surface area contributed by atoms with E-state index in [2.05, 4.69) is 22.8 Å². The van der Waals surface area contributed by atoms with Crippen molar-refractivity contribution in [3.63, 3.8) is 0 Å². The minimum Gasteiger partial charge on any atom is -0.462 e. The molecular weight excluding hydrogens is 355 g/mol. The highest BCUT2D eigenvalue weighted by Crippen LogP contribution is 2.20. The molecule has 1 fully saturated rings. The molecule has 0 amide bonds. The van der Waals surface area contributed by atoms with E-state index in [9.17, 15) is 4.39 Å². The van der Waals surface area contributed by atoms with Crippen molar-refractivity contribution in [2.24, 2.45) is 5.92 Å². The number of benzene rings is 1. The summed E-state index contributed by atoms with van der Waals surface area (Å²) in [6.45, 7) is 8.96. The Hall–Kier alpha value is -1.69. The minimum atomic E-state index is -0.140. The van der Waals surface area contributed by atoms with E-state index in [0.29, 0.717) is 12.5 Å². The van der Waals surface area contributed by atoms with Crippen molar-refractivity contribution in [1.29, 1.82) is 0 Å². The van der Waals surface area contributed by atoms with Crippen LogP contribution < -0.4 is 0 Å². The third kappa shape index (κ3) is 6.43. The molecule has 1 aliphatic heterocycles. The SMILES string of the molecule is CCN(Cc1ccc(COC)o1)C[C@@H]1CCCN(CCc2cccc(F)c2)C1. The van der Waals surface area contributed by atoms with Gasteiger partial charge in [0.05, 0.1) is 6.54 Å². The van der Waals surface area contributed by atoms with Crippen LogP contribution in [0, 0.1) is 11.7 Å². The van der Waals surface area contributed by atoms with Gasteiger partial charge in [-0.2, -0.15) is 0 Å². The van der Waals surface area contributed by atoms with Crippen molar-refractivity contribution < 1.29 is 13.5 Å². The van der Waals surface area contributed by atoms with Crippen LogP contribution in [0.25, 0.3) is 0 Å². The molecule has 0 saturated carbocycles. The fraction of sp³-hybridized carbons (Fsp3) is 0.565. The maximum Gasteiger partial charge on any atom is 0.129 e. The maximum atomic E-state index is 13.4. The summed E-state index contributed by atoms with van der Waals surface area (Å²) in [6, 6.07) is 11.0. The number of methoxy groups -OCH3 is 1. The Labute approximate surface area is 168 Å². The Kier molecular flexibility index (Phi) is 8.07. The fourth-order valence-electron chi connectivity index (χ4n) is 4.10. The van der Waals surface area contributed by atoms with E-state index in [-0.39, 0.29) is 5.82 Å². The summed E-state index contributed by atoms with van der Waals surface area (Å²) in [5, 5.41) is 0. The second-order valence-corrected chi connectivity index (χ2v) is 7.82. The van der Waals surface area contributed by atoms with E-state index in [4.69, 9.17) is 9.15 Å². The van der Waals surface area contributed by atoms with Crippen LogP contribution in [0.5, 0.6) is 0 Å². The average Bonchev–Trinajstić information content (AvgIpc) is 3.13. The van der Waals surface area contributed by atoms with Crippen molar-refractivity contribution in [3.8, 4) is 0 Å². The van der Waals surface area contributed by atoms with Crippen LogP contribution in [0.2, 0.25) is 0 Å². The molecule has 1 aliphatic rings. The first-order chi connectivity index (χ1) is 13.7. The van der Waals surface area contributed by atoms with Gasteiger partial charge in [0.15, 0.2) is 0 Å². The third-order valence-electron chi connectivity index (χ3n) is 5.56. The van der Waals surface area contributed by atoms with Crippen LogP contribution in [0.3, 0.4) is 0 Å². The van der Waals surface area contributed by atoms with E-state index in [1.54, 1.807) is 19.2 Å². The van der Waals surface area contributed by atoms with Crippen molar-refractivity contribution in [2.45, 2.75) is 39.3 Å². The van der Waals surface area contributed by atoms with Crippen LogP contribution in [-0.4, -0.2) is 49.6 Å². The Balaban J connectivity index is 1.47. The number of likely N-dealkylation sites (tertiary alicyclic amines) is 1. The smallest absolute Gasteiger partial charge is 0.129 e. The number of furan rings is 1. The second kappa shape index (κ2) is 10.7. The Morgan fingerprint density at radius 1 is 1.25 bits per heavy atom. The highest BCUT2D eigenvalue weighted by atomic mass is 19.1. The minimum absolute atomic E-state index is 0.140. The first-order valence-corrected chi connectivity index (χ1v) is 10.4. The van der Waals surface area contributed by atoms with Crippen LogP contribution in [-0.2, 0) is 24.3 Å². The monoisotopic (exact) mass is 388 g/mol. The molecule has 1 aromatic carbocycles. The van der Waals surface area contributed by atoms with E-state index >= 15 is 0 Å². The molecule has 4 nitrogen and oxygen atoms in total. The Bertz CT molecular complexity index is 718. The Morgan fingerprint density at radius 2 is 2.11 bits per heavy atom. The highest BCUT2D eigenvalue weighted by molar-refractivity contribution is 5.16. The first kappa shape index (κ1) is 21.0. The van der Waals surface area contributed by atoms with E-state index < -0.39 is 0 Å². The molecule has 0 unspecified atom stereocenters. The van der Waals surface area contributed by atoms with Crippen LogP contribution in [0.15, 0.2) is 40.8 Å². The van der Waals surface area contributed by atoms with Crippen LogP contribution >= 0.6 is 0 Å². The van der Waals surface area contributed by atoms with Gasteiger partial charge in [-0.3, -0.25) is 4.90 Å². The van der Waals surface area contributed by atoms with Crippen molar-refractivity contribution >= 4 is 0 Å². The molecule has 3 rings (SSSR count). The van der Waals surface area contributed by atoms with Gasteiger partial charge in [-0.05, 0) is 68.1 Å². The van der Waals surface area contributed by atoms with Gasteiger partial charge in [0.25, 0.3) is 0 Å². The topological polar surface area (TPSA) is 28.9 Å². The first-order valence-electron chi connectivity index (χ1n) is 10.4. The maximum absolute atomic E-state index is 13.4. The lowest BCUT2D eigenvalue weighted by Crippen LogP contribution is -2.41. The van der Waals surface area contributed by atoms with E-state index in [1.165, 1.54) is 18.9 Å². The Morgan fingerprint density at radius 3 is 2.89 bits per heavy atom. The number of piperidine rings is 1. The van der Waals surface area contributed by atoms with Crippen molar-refractivity contribution in [1.82, 2.24) is 9.80 Å². The van der Waals surface area contributed by atoms with Gasteiger partial charge in [-0.25, -0.2) is 4.39 Å². The zero-order chi connectivity index (χ0) is 19.8. The number of hydrogen-bond acceptors (Lipinski definition) is 4. The molecule has 28 heavy (non-hydrogen) atoms. The molecule has 2 aromatic rings. The van der Waals surface area contributed by atoms with Gasteiger partial charge in [-0.1, -0.05) is 19.1 Å². The average molecular weight is 389 g/mol. The molecule has 0 aliphatic carbocycles. The summed E-state index contributed by atoms with van der Waals surface area (Å²) in [5.41, 5.74) is 1.09. The number of halogens is 1. The lowest BCUT2D eigenvalue weighted by molar-refractivity contribution is 0.126. The zero-order valence-electron chi connectivity index (χ0n) is 17.2. The van der Waals surface area contributed by atoms with Gasteiger partial charge in [0.2, 0.25) is 0 Å². The number of hydrogen-bond donors (Lipinski definition) is 0. The standard InChI is InChI=1S/C23H33FN2O2/c1-3-25(17-22-9-10-23(28-22)18-27-2)15-20-7-5-12-26(16-20)13-11-19-6-4-8-21(24)14-19/h4,6,8-10,14,20H,3,5,7,11-13,15-18H2,1-2H3/t20-/m0/s1.